The fourth-order valence-electron chi connectivity index (χ4n) is 5.51. The third-order valence-corrected chi connectivity index (χ3v) is 6.11. The van der Waals surface area contributed by atoms with Gasteiger partial charge in [-0.1, -0.05) is 0 Å². The molecule has 4 fully saturated rings. The summed E-state index contributed by atoms with van der Waals surface area (Å²) >= 11 is 0. The van der Waals surface area contributed by atoms with Crippen LogP contribution >= 0.6 is 0 Å². The molecule has 4 aliphatic rings. The van der Waals surface area contributed by atoms with Crippen LogP contribution in [0.2, 0.25) is 0 Å². The highest BCUT2D eigenvalue weighted by Crippen LogP contribution is 2.58. The van der Waals surface area contributed by atoms with Gasteiger partial charge in [-0.05, 0) is 82.6 Å². The maximum atomic E-state index is 4.92. The number of nitrogens with zero attached hydrogens (tertiary/aromatic N) is 2. The molecule has 4 aliphatic carbocycles. The summed E-state index contributed by atoms with van der Waals surface area (Å²) in [5, 5.41) is 4.92. The molecule has 4 saturated carbocycles. The first-order valence-electron chi connectivity index (χ1n) is 7.61. The summed E-state index contributed by atoms with van der Waals surface area (Å²) in [6, 6.07) is 0. The second-order valence-corrected chi connectivity index (χ2v) is 7.35. The van der Waals surface area contributed by atoms with E-state index in [1.165, 1.54) is 55.5 Å². The van der Waals surface area contributed by atoms with Gasteiger partial charge in [-0.25, -0.2) is 0 Å². The van der Waals surface area contributed by atoms with E-state index in [1.54, 1.807) is 0 Å². The molecular weight excluding hydrogens is 220 g/mol. The van der Waals surface area contributed by atoms with Crippen molar-refractivity contribution >= 4 is 0 Å². The molecule has 0 N–H and O–H groups in total. The van der Waals surface area contributed by atoms with Crippen LogP contribution in [0, 0.1) is 38.5 Å². The Morgan fingerprint density at radius 3 is 1.83 bits per heavy atom. The fraction of sp³-hybridized carbons (Fsp3) is 0.812. The fourth-order valence-corrected chi connectivity index (χ4v) is 5.51. The van der Waals surface area contributed by atoms with Gasteiger partial charge in [0.05, 0.1) is 11.2 Å². The Balaban J connectivity index is 1.81. The van der Waals surface area contributed by atoms with Crippen molar-refractivity contribution < 1.29 is 0 Å². The van der Waals surface area contributed by atoms with Gasteiger partial charge in [0.1, 0.15) is 0 Å². The van der Waals surface area contributed by atoms with Crippen LogP contribution < -0.4 is 0 Å². The van der Waals surface area contributed by atoms with E-state index >= 15 is 0 Å². The quantitative estimate of drug-likeness (QED) is 0.736. The van der Waals surface area contributed by atoms with E-state index in [-0.39, 0.29) is 0 Å². The molecule has 1 heterocycles. The van der Waals surface area contributed by atoms with E-state index in [2.05, 4.69) is 25.5 Å². The highest BCUT2D eigenvalue weighted by atomic mass is 15.3. The van der Waals surface area contributed by atoms with Gasteiger partial charge < -0.3 is 0 Å². The van der Waals surface area contributed by atoms with Crippen LogP contribution in [-0.4, -0.2) is 9.78 Å². The summed E-state index contributed by atoms with van der Waals surface area (Å²) in [5.41, 5.74) is 4.47. The zero-order chi connectivity index (χ0) is 12.5. The maximum absolute atomic E-state index is 4.92. The SMILES string of the molecule is Cc1nn(C23CC4CC(CC(C4)C2)C3)c(C)c1C. The molecule has 0 unspecified atom stereocenters. The Morgan fingerprint density at radius 1 is 0.944 bits per heavy atom. The lowest BCUT2D eigenvalue weighted by Gasteiger charge is -2.57. The normalized spacial score (nSPS) is 41.6. The molecule has 4 bridgehead atoms. The van der Waals surface area contributed by atoms with Crippen molar-refractivity contribution in [3.63, 3.8) is 0 Å². The van der Waals surface area contributed by atoms with E-state index < -0.39 is 0 Å². The van der Waals surface area contributed by atoms with Crippen LogP contribution in [-0.2, 0) is 5.54 Å². The standard InChI is InChI=1S/C16H24N2/c1-10-11(2)17-18(12(10)3)16-7-13-4-14(8-16)6-15(5-13)9-16/h13-15H,4-9H2,1-3H3. The lowest BCUT2D eigenvalue weighted by molar-refractivity contribution is -0.0505. The molecule has 0 amide bonds. The Bertz CT molecular complexity index is 462. The van der Waals surface area contributed by atoms with Gasteiger partial charge in [-0.15, -0.1) is 0 Å². The summed E-state index contributed by atoms with van der Waals surface area (Å²) in [6.45, 7) is 6.67. The first-order valence-corrected chi connectivity index (χ1v) is 7.61. The van der Waals surface area contributed by atoms with Gasteiger partial charge in [0.15, 0.2) is 0 Å². The summed E-state index contributed by atoms with van der Waals surface area (Å²) in [4.78, 5) is 0. The molecule has 0 atom stereocenters. The van der Waals surface area contributed by atoms with Crippen molar-refractivity contribution in [2.24, 2.45) is 17.8 Å². The average molecular weight is 244 g/mol. The van der Waals surface area contributed by atoms with E-state index in [0.29, 0.717) is 5.54 Å². The van der Waals surface area contributed by atoms with Crippen LogP contribution in [0.25, 0.3) is 0 Å². The minimum absolute atomic E-state index is 0.401. The van der Waals surface area contributed by atoms with Crippen LogP contribution in [0.15, 0.2) is 0 Å². The van der Waals surface area contributed by atoms with Gasteiger partial charge in [0.25, 0.3) is 0 Å². The van der Waals surface area contributed by atoms with Gasteiger partial charge in [-0.3, -0.25) is 4.68 Å². The molecular formula is C16H24N2. The highest BCUT2D eigenvalue weighted by molar-refractivity contribution is 5.24. The van der Waals surface area contributed by atoms with Crippen molar-refractivity contribution in [1.29, 1.82) is 0 Å². The number of aromatic nitrogens is 2. The van der Waals surface area contributed by atoms with Crippen molar-refractivity contribution in [3.8, 4) is 0 Å². The Kier molecular flexibility index (Phi) is 2.09. The summed E-state index contributed by atoms with van der Waals surface area (Å²) in [5.74, 6) is 3.00. The zero-order valence-corrected chi connectivity index (χ0v) is 11.9. The van der Waals surface area contributed by atoms with Crippen LogP contribution in [0.1, 0.15) is 55.5 Å². The van der Waals surface area contributed by atoms with E-state index in [9.17, 15) is 0 Å². The Hall–Kier alpha value is -0.790. The molecule has 5 rings (SSSR count). The topological polar surface area (TPSA) is 17.8 Å². The van der Waals surface area contributed by atoms with Gasteiger partial charge in [0, 0.05) is 5.69 Å². The van der Waals surface area contributed by atoms with E-state index in [4.69, 9.17) is 5.10 Å². The molecule has 1 aromatic rings. The van der Waals surface area contributed by atoms with Gasteiger partial charge in [0.2, 0.25) is 0 Å². The van der Waals surface area contributed by atoms with Crippen LogP contribution in [0.4, 0.5) is 0 Å². The Labute approximate surface area is 110 Å². The van der Waals surface area contributed by atoms with Crippen molar-refractivity contribution in [1.82, 2.24) is 9.78 Å². The molecule has 0 aliphatic heterocycles. The number of aryl methyl sites for hydroxylation is 1. The summed E-state index contributed by atoms with van der Waals surface area (Å²) < 4.78 is 2.45. The lowest BCUT2D eigenvalue weighted by Crippen LogP contribution is -2.52. The monoisotopic (exact) mass is 244 g/mol. The number of hydrogen-bond donors (Lipinski definition) is 0. The van der Waals surface area contributed by atoms with Crippen molar-refractivity contribution in [3.05, 3.63) is 17.0 Å². The van der Waals surface area contributed by atoms with Gasteiger partial charge >= 0.3 is 0 Å². The third kappa shape index (κ3) is 1.32. The molecule has 0 saturated heterocycles. The summed E-state index contributed by atoms with van der Waals surface area (Å²) in [7, 11) is 0. The number of hydrogen-bond acceptors (Lipinski definition) is 1. The van der Waals surface area contributed by atoms with Crippen LogP contribution in [0.3, 0.4) is 0 Å². The predicted molar refractivity (Wildman–Crippen MR) is 72.6 cm³/mol. The third-order valence-electron chi connectivity index (χ3n) is 6.11. The zero-order valence-electron chi connectivity index (χ0n) is 11.9. The first kappa shape index (κ1) is 11.1. The lowest BCUT2D eigenvalue weighted by atomic mass is 9.53. The van der Waals surface area contributed by atoms with E-state index in [1.807, 2.05) is 0 Å². The van der Waals surface area contributed by atoms with Crippen molar-refractivity contribution in [2.75, 3.05) is 0 Å². The van der Waals surface area contributed by atoms with Gasteiger partial charge in [-0.2, -0.15) is 5.10 Å². The molecule has 1 aromatic heterocycles. The molecule has 2 nitrogen and oxygen atoms in total. The minimum Gasteiger partial charge on any atom is -0.263 e. The second-order valence-electron chi connectivity index (χ2n) is 7.35. The predicted octanol–water partition coefficient (Wildman–Crippen LogP) is 3.73. The van der Waals surface area contributed by atoms with Crippen molar-refractivity contribution in [2.45, 2.75) is 64.8 Å². The Morgan fingerprint density at radius 2 is 1.44 bits per heavy atom. The summed E-state index contributed by atoms with van der Waals surface area (Å²) in [6.07, 6.45) is 8.74. The molecule has 0 radical (unpaired) electrons. The smallest absolute Gasteiger partial charge is 0.0638 e. The molecule has 18 heavy (non-hydrogen) atoms. The molecule has 0 spiro atoms. The average Bonchev–Trinajstić information content (AvgIpc) is 2.56. The second kappa shape index (κ2) is 3.40. The first-order chi connectivity index (χ1) is 8.57. The largest absolute Gasteiger partial charge is 0.263 e. The molecule has 0 aromatic carbocycles. The minimum atomic E-state index is 0.401. The molecule has 98 valence electrons. The maximum Gasteiger partial charge on any atom is 0.0638 e. The van der Waals surface area contributed by atoms with E-state index in [0.717, 1.165) is 17.8 Å². The molecule has 2 heteroatoms. The highest BCUT2D eigenvalue weighted by Gasteiger charge is 2.52. The van der Waals surface area contributed by atoms with Crippen LogP contribution in [0.5, 0.6) is 0 Å². The number of rotatable bonds is 1.